The smallest absolute Gasteiger partial charge is 0.227 e. The standard InChI is InChI=1S/C19H16FNO2/c1-13(22)21-12-16(14-5-9-18(23-2)10-6-14)11-19(21)15-3-7-17(20)8-4-15/h3-12H,1-2H3. The van der Waals surface area contributed by atoms with Crippen molar-refractivity contribution in [3.63, 3.8) is 0 Å². The molecule has 4 heteroatoms. The molecule has 0 bridgehead atoms. The van der Waals surface area contributed by atoms with Crippen LogP contribution in [0.1, 0.15) is 11.7 Å². The van der Waals surface area contributed by atoms with Crippen molar-refractivity contribution in [1.82, 2.24) is 4.57 Å². The lowest BCUT2D eigenvalue weighted by Gasteiger charge is -2.04. The summed E-state index contributed by atoms with van der Waals surface area (Å²) in [6.45, 7) is 1.50. The molecule has 0 aliphatic carbocycles. The summed E-state index contributed by atoms with van der Waals surface area (Å²) in [5, 5.41) is 0. The zero-order valence-electron chi connectivity index (χ0n) is 12.9. The maximum Gasteiger partial charge on any atom is 0.227 e. The van der Waals surface area contributed by atoms with Crippen molar-refractivity contribution in [1.29, 1.82) is 0 Å². The highest BCUT2D eigenvalue weighted by Gasteiger charge is 2.12. The molecule has 0 N–H and O–H groups in total. The summed E-state index contributed by atoms with van der Waals surface area (Å²) in [6, 6.07) is 15.7. The molecule has 0 radical (unpaired) electrons. The zero-order chi connectivity index (χ0) is 16.4. The number of nitrogens with zero attached hydrogens (tertiary/aromatic N) is 1. The Bertz CT molecular complexity index is 833. The van der Waals surface area contributed by atoms with Gasteiger partial charge < -0.3 is 4.74 Å². The SMILES string of the molecule is COc1ccc(-c2cc(-c3ccc(F)cc3)n(C(C)=O)c2)cc1. The number of hydrogen-bond donors (Lipinski definition) is 0. The summed E-state index contributed by atoms with van der Waals surface area (Å²) in [5.74, 6) is 0.382. The molecule has 0 saturated carbocycles. The molecule has 116 valence electrons. The van der Waals surface area contributed by atoms with E-state index in [1.165, 1.54) is 19.1 Å². The van der Waals surface area contributed by atoms with Gasteiger partial charge in [-0.25, -0.2) is 4.39 Å². The normalized spacial score (nSPS) is 10.6. The molecule has 0 aliphatic rings. The first-order chi connectivity index (χ1) is 11.1. The summed E-state index contributed by atoms with van der Waals surface area (Å²) < 4.78 is 19.9. The molecule has 0 unspecified atom stereocenters. The van der Waals surface area contributed by atoms with E-state index in [2.05, 4.69) is 0 Å². The maximum absolute atomic E-state index is 13.1. The van der Waals surface area contributed by atoms with Crippen LogP contribution in [0.5, 0.6) is 5.75 Å². The third-order valence-corrected chi connectivity index (χ3v) is 3.72. The summed E-state index contributed by atoms with van der Waals surface area (Å²) in [7, 11) is 1.62. The number of rotatable bonds is 3. The van der Waals surface area contributed by atoms with Crippen LogP contribution in [0.25, 0.3) is 22.4 Å². The van der Waals surface area contributed by atoms with Crippen LogP contribution in [0.4, 0.5) is 4.39 Å². The largest absolute Gasteiger partial charge is 0.497 e. The second-order valence-corrected chi connectivity index (χ2v) is 5.24. The van der Waals surface area contributed by atoms with Gasteiger partial charge >= 0.3 is 0 Å². The third kappa shape index (κ3) is 3.01. The van der Waals surface area contributed by atoms with Gasteiger partial charge in [0.2, 0.25) is 5.91 Å². The van der Waals surface area contributed by atoms with Gasteiger partial charge in [0, 0.05) is 18.7 Å². The summed E-state index contributed by atoms with van der Waals surface area (Å²) >= 11 is 0. The highest BCUT2D eigenvalue weighted by atomic mass is 19.1. The van der Waals surface area contributed by atoms with Gasteiger partial charge in [0.15, 0.2) is 0 Å². The maximum atomic E-state index is 13.1. The number of hydrogen-bond acceptors (Lipinski definition) is 2. The minimum atomic E-state index is -0.301. The molecular formula is C19H16FNO2. The fourth-order valence-electron chi connectivity index (χ4n) is 2.51. The minimum Gasteiger partial charge on any atom is -0.497 e. The third-order valence-electron chi connectivity index (χ3n) is 3.72. The van der Waals surface area contributed by atoms with Gasteiger partial charge in [-0.15, -0.1) is 0 Å². The Morgan fingerprint density at radius 2 is 1.57 bits per heavy atom. The zero-order valence-corrected chi connectivity index (χ0v) is 12.9. The minimum absolute atomic E-state index is 0.0934. The monoisotopic (exact) mass is 309 g/mol. The van der Waals surface area contributed by atoms with Crippen molar-refractivity contribution in [3.05, 3.63) is 66.6 Å². The van der Waals surface area contributed by atoms with E-state index in [1.807, 2.05) is 30.3 Å². The average Bonchev–Trinajstić information content (AvgIpc) is 3.01. The van der Waals surface area contributed by atoms with E-state index in [-0.39, 0.29) is 11.7 Å². The number of carbonyl (C=O) groups is 1. The van der Waals surface area contributed by atoms with Crippen LogP contribution in [-0.4, -0.2) is 17.6 Å². The molecule has 23 heavy (non-hydrogen) atoms. The molecule has 3 nitrogen and oxygen atoms in total. The second kappa shape index (κ2) is 6.08. The molecule has 0 spiro atoms. The van der Waals surface area contributed by atoms with E-state index in [0.29, 0.717) is 0 Å². The van der Waals surface area contributed by atoms with Crippen molar-refractivity contribution in [2.24, 2.45) is 0 Å². The molecular weight excluding hydrogens is 293 g/mol. The van der Waals surface area contributed by atoms with Crippen LogP contribution in [0.2, 0.25) is 0 Å². The summed E-state index contributed by atoms with van der Waals surface area (Å²) in [5.41, 5.74) is 3.43. The molecule has 0 saturated heterocycles. The Labute approximate surface area is 134 Å². The molecule has 0 amide bonds. The van der Waals surface area contributed by atoms with E-state index in [1.54, 1.807) is 30.0 Å². The number of aromatic nitrogens is 1. The van der Waals surface area contributed by atoms with Gasteiger partial charge in [-0.2, -0.15) is 0 Å². The van der Waals surface area contributed by atoms with Crippen LogP contribution in [0.15, 0.2) is 60.8 Å². The fraction of sp³-hybridized carbons (Fsp3) is 0.105. The van der Waals surface area contributed by atoms with Crippen LogP contribution >= 0.6 is 0 Å². The van der Waals surface area contributed by atoms with Gasteiger partial charge in [-0.05, 0) is 53.6 Å². The number of ether oxygens (including phenoxy) is 1. The first-order valence-corrected chi connectivity index (χ1v) is 7.22. The van der Waals surface area contributed by atoms with E-state index in [4.69, 9.17) is 4.74 Å². The lowest BCUT2D eigenvalue weighted by atomic mass is 10.1. The van der Waals surface area contributed by atoms with Gasteiger partial charge in [0.05, 0.1) is 12.8 Å². The van der Waals surface area contributed by atoms with Crippen LogP contribution in [-0.2, 0) is 0 Å². The Hall–Kier alpha value is -2.88. The van der Waals surface area contributed by atoms with Crippen molar-refractivity contribution in [3.8, 4) is 28.1 Å². The fourth-order valence-corrected chi connectivity index (χ4v) is 2.51. The van der Waals surface area contributed by atoms with Crippen LogP contribution in [0.3, 0.4) is 0 Å². The molecule has 1 aromatic heterocycles. The molecule has 3 aromatic rings. The Kier molecular flexibility index (Phi) is 3.98. The van der Waals surface area contributed by atoms with Gasteiger partial charge in [0.25, 0.3) is 0 Å². The van der Waals surface area contributed by atoms with Crippen LogP contribution < -0.4 is 4.74 Å². The number of halogens is 1. The highest BCUT2D eigenvalue weighted by Crippen LogP contribution is 2.29. The average molecular weight is 309 g/mol. The van der Waals surface area contributed by atoms with Crippen LogP contribution in [0, 0.1) is 5.82 Å². The van der Waals surface area contributed by atoms with Crippen molar-refractivity contribution < 1.29 is 13.9 Å². The van der Waals surface area contributed by atoms with Gasteiger partial charge in [-0.1, -0.05) is 12.1 Å². The quantitative estimate of drug-likeness (QED) is 0.706. The van der Waals surface area contributed by atoms with Gasteiger partial charge in [-0.3, -0.25) is 9.36 Å². The van der Waals surface area contributed by atoms with E-state index in [9.17, 15) is 9.18 Å². The van der Waals surface area contributed by atoms with Crippen molar-refractivity contribution in [2.75, 3.05) is 7.11 Å². The first kappa shape index (κ1) is 15.0. The molecule has 0 atom stereocenters. The summed E-state index contributed by atoms with van der Waals surface area (Å²) in [4.78, 5) is 11.9. The molecule has 2 aromatic carbocycles. The predicted molar refractivity (Wildman–Crippen MR) is 88.1 cm³/mol. The molecule has 3 rings (SSSR count). The van der Waals surface area contributed by atoms with Gasteiger partial charge in [0.1, 0.15) is 11.6 Å². The lowest BCUT2D eigenvalue weighted by Crippen LogP contribution is -2.05. The Balaban J connectivity index is 2.07. The lowest BCUT2D eigenvalue weighted by molar-refractivity contribution is 0.0939. The number of benzene rings is 2. The topological polar surface area (TPSA) is 31.2 Å². The van der Waals surface area contributed by atoms with E-state index >= 15 is 0 Å². The highest BCUT2D eigenvalue weighted by molar-refractivity contribution is 5.86. The Morgan fingerprint density at radius 1 is 0.957 bits per heavy atom. The van der Waals surface area contributed by atoms with Crippen molar-refractivity contribution in [2.45, 2.75) is 6.92 Å². The molecule has 0 fully saturated rings. The number of methoxy groups -OCH3 is 1. The summed E-state index contributed by atoms with van der Waals surface area (Å²) in [6.07, 6.45) is 1.79. The Morgan fingerprint density at radius 3 is 2.13 bits per heavy atom. The second-order valence-electron chi connectivity index (χ2n) is 5.24. The predicted octanol–water partition coefficient (Wildman–Crippen LogP) is 4.63. The number of carbonyl (C=O) groups excluding carboxylic acids is 1. The molecule has 1 heterocycles. The van der Waals surface area contributed by atoms with E-state index in [0.717, 1.165) is 28.1 Å². The first-order valence-electron chi connectivity index (χ1n) is 7.22. The van der Waals surface area contributed by atoms with E-state index < -0.39 is 0 Å². The van der Waals surface area contributed by atoms with Crippen molar-refractivity contribution >= 4 is 5.91 Å². The molecule has 0 aliphatic heterocycles.